The Labute approximate surface area is 297 Å². The summed E-state index contributed by atoms with van der Waals surface area (Å²) in [6, 6.07) is 49.5. The molecule has 5 aromatic carbocycles. The van der Waals surface area contributed by atoms with Crippen LogP contribution in [0.3, 0.4) is 0 Å². The molecular weight excluding hydrogens is 639 g/mol. The first-order valence-electron chi connectivity index (χ1n) is 17.5. The van der Waals surface area contributed by atoms with E-state index in [-0.39, 0.29) is 0 Å². The van der Waals surface area contributed by atoms with Crippen molar-refractivity contribution in [3.63, 3.8) is 0 Å². The normalized spacial score (nSPS) is 15.5. The second kappa shape index (κ2) is 10.0. The number of benzene rings is 5. The van der Waals surface area contributed by atoms with Crippen LogP contribution >= 0.6 is 0 Å². The summed E-state index contributed by atoms with van der Waals surface area (Å²) in [5.74, 6) is 1.64. The van der Waals surface area contributed by atoms with Crippen molar-refractivity contribution < 1.29 is 4.74 Å². The Morgan fingerprint density at radius 3 is 1.79 bits per heavy atom. The van der Waals surface area contributed by atoms with Crippen LogP contribution in [0.5, 0.6) is 11.5 Å². The molecular formula is C46H27N5O. The molecule has 1 spiro atoms. The second-order valence-corrected chi connectivity index (χ2v) is 13.6. The Balaban J connectivity index is 1.20. The molecule has 1 atom stereocenters. The van der Waals surface area contributed by atoms with Gasteiger partial charge in [0.1, 0.15) is 11.5 Å². The van der Waals surface area contributed by atoms with E-state index >= 15 is 0 Å². The summed E-state index contributed by atoms with van der Waals surface area (Å²) >= 11 is 0. The Morgan fingerprint density at radius 2 is 1.02 bits per heavy atom. The van der Waals surface area contributed by atoms with Gasteiger partial charge in [-0.3, -0.25) is 15.0 Å². The zero-order chi connectivity index (χ0) is 34.0. The summed E-state index contributed by atoms with van der Waals surface area (Å²) in [6.07, 6.45) is 7.70. The fraction of sp³-hybridized carbons (Fsp3) is 0.0217. The van der Waals surface area contributed by atoms with Crippen LogP contribution in [0.15, 0.2) is 164 Å². The smallest absolute Gasteiger partial charge is 0.132 e. The molecule has 0 bridgehead atoms. The summed E-state index contributed by atoms with van der Waals surface area (Å²) in [7, 11) is 0. The molecule has 5 aromatic heterocycles. The molecule has 6 heterocycles. The van der Waals surface area contributed by atoms with E-state index in [4.69, 9.17) is 14.7 Å². The summed E-state index contributed by atoms with van der Waals surface area (Å²) in [5.41, 5.74) is 11.8. The van der Waals surface area contributed by atoms with Gasteiger partial charge >= 0.3 is 0 Å². The van der Waals surface area contributed by atoms with E-state index in [1.807, 2.05) is 36.9 Å². The maximum atomic E-state index is 6.79. The molecule has 1 aliphatic carbocycles. The van der Waals surface area contributed by atoms with Crippen LogP contribution in [-0.4, -0.2) is 24.1 Å². The van der Waals surface area contributed by atoms with E-state index in [1.165, 1.54) is 21.5 Å². The molecule has 10 aromatic rings. The lowest BCUT2D eigenvalue weighted by molar-refractivity contribution is 0.436. The van der Waals surface area contributed by atoms with Gasteiger partial charge in [-0.25, -0.2) is 0 Å². The first-order chi connectivity index (χ1) is 25.8. The SMILES string of the molecule is c1ccc2c(c1)Oc1ccc(-n3c4ccccc4c4ccncc43)cc1C21c2cccnc2-c2ncc(-n3c4ccccc4c4ccccc43)cc21. The molecule has 12 rings (SSSR count). The lowest BCUT2D eigenvalue weighted by Gasteiger charge is -2.39. The minimum absolute atomic E-state index is 0.752. The largest absolute Gasteiger partial charge is 0.457 e. The van der Waals surface area contributed by atoms with Crippen LogP contribution in [0.2, 0.25) is 0 Å². The molecule has 0 N–H and O–H groups in total. The molecule has 6 nitrogen and oxygen atoms in total. The third-order valence-electron chi connectivity index (χ3n) is 11.2. The van der Waals surface area contributed by atoms with Crippen molar-refractivity contribution in [1.82, 2.24) is 24.1 Å². The molecule has 0 amide bonds. The molecule has 1 unspecified atom stereocenters. The topological polar surface area (TPSA) is 57.8 Å². The van der Waals surface area contributed by atoms with Crippen molar-refractivity contribution in [2.45, 2.75) is 5.41 Å². The van der Waals surface area contributed by atoms with Gasteiger partial charge in [-0.2, -0.15) is 0 Å². The number of pyridine rings is 3. The molecule has 0 radical (unpaired) electrons. The van der Waals surface area contributed by atoms with Crippen LogP contribution in [0, 0.1) is 0 Å². The number of hydrogen-bond donors (Lipinski definition) is 0. The average molecular weight is 666 g/mol. The highest BCUT2D eigenvalue weighted by Gasteiger charge is 2.52. The number of ether oxygens (including phenoxy) is 1. The minimum Gasteiger partial charge on any atom is -0.457 e. The Hall–Kier alpha value is -7.05. The van der Waals surface area contributed by atoms with Gasteiger partial charge in [-0.15, -0.1) is 0 Å². The number of fused-ring (bicyclic) bond motifs is 15. The number of hydrogen-bond acceptors (Lipinski definition) is 4. The Kier molecular flexibility index (Phi) is 5.34. The quantitative estimate of drug-likeness (QED) is 0.184. The van der Waals surface area contributed by atoms with E-state index in [0.29, 0.717) is 0 Å². The van der Waals surface area contributed by atoms with Crippen LogP contribution < -0.4 is 4.74 Å². The predicted octanol–water partition coefficient (Wildman–Crippen LogP) is 10.5. The molecule has 0 saturated heterocycles. The van der Waals surface area contributed by atoms with E-state index in [0.717, 1.165) is 78.6 Å². The van der Waals surface area contributed by atoms with E-state index in [9.17, 15) is 0 Å². The van der Waals surface area contributed by atoms with Gasteiger partial charge in [-0.1, -0.05) is 78.9 Å². The second-order valence-electron chi connectivity index (χ2n) is 13.6. The molecule has 1 aliphatic heterocycles. The number of aromatic nitrogens is 5. The highest BCUT2D eigenvalue weighted by Crippen LogP contribution is 2.61. The van der Waals surface area contributed by atoms with Crippen LogP contribution in [-0.2, 0) is 5.41 Å². The third-order valence-corrected chi connectivity index (χ3v) is 11.2. The lowest BCUT2D eigenvalue weighted by Crippen LogP contribution is -2.32. The van der Waals surface area contributed by atoms with E-state index in [1.54, 1.807) is 0 Å². The van der Waals surface area contributed by atoms with Crippen molar-refractivity contribution in [3.8, 4) is 34.3 Å². The van der Waals surface area contributed by atoms with Gasteiger partial charge in [-0.05, 0) is 66.2 Å². The summed E-state index contributed by atoms with van der Waals surface area (Å²) < 4.78 is 11.5. The van der Waals surface area contributed by atoms with Gasteiger partial charge in [0.15, 0.2) is 0 Å². The highest BCUT2D eigenvalue weighted by molar-refractivity contribution is 6.10. The van der Waals surface area contributed by atoms with Crippen LogP contribution in [0.1, 0.15) is 22.3 Å². The van der Waals surface area contributed by atoms with Crippen molar-refractivity contribution in [3.05, 3.63) is 187 Å². The first-order valence-corrected chi connectivity index (χ1v) is 17.5. The van der Waals surface area contributed by atoms with Gasteiger partial charge in [0, 0.05) is 56.3 Å². The van der Waals surface area contributed by atoms with Gasteiger partial charge in [0.25, 0.3) is 0 Å². The molecule has 0 saturated carbocycles. The predicted molar refractivity (Wildman–Crippen MR) is 206 cm³/mol. The van der Waals surface area contributed by atoms with E-state index < -0.39 is 5.41 Å². The Morgan fingerprint density at radius 1 is 0.423 bits per heavy atom. The van der Waals surface area contributed by atoms with Gasteiger partial charge in [0.2, 0.25) is 0 Å². The first kappa shape index (κ1) is 27.7. The number of rotatable bonds is 2. The third kappa shape index (κ3) is 3.41. The zero-order valence-electron chi connectivity index (χ0n) is 27.7. The summed E-state index contributed by atoms with van der Waals surface area (Å²) in [6.45, 7) is 0. The lowest BCUT2D eigenvalue weighted by atomic mass is 9.66. The maximum Gasteiger partial charge on any atom is 0.132 e. The molecule has 52 heavy (non-hydrogen) atoms. The fourth-order valence-corrected chi connectivity index (χ4v) is 9.14. The maximum absolute atomic E-state index is 6.79. The molecule has 6 heteroatoms. The molecule has 242 valence electrons. The fourth-order valence-electron chi connectivity index (χ4n) is 9.14. The molecule has 2 aliphatic rings. The van der Waals surface area contributed by atoms with E-state index in [2.05, 4.69) is 142 Å². The van der Waals surface area contributed by atoms with Gasteiger partial charge in [0.05, 0.1) is 57.0 Å². The average Bonchev–Trinajstić information content (AvgIpc) is 3.83. The standard InChI is InChI=1S/C46H27N5O/c1-6-16-39-30(10-1)31-11-2-7-17-40(31)51(39)29-25-37-45(49-26-29)44-35(14-9-22-48-44)46(37)34-13-4-8-18-42(34)52-43-20-19-28(24-36(43)46)50-38-15-5-3-12-32(38)33-21-23-47-27-41(33)50/h1-27H. The zero-order valence-corrected chi connectivity index (χ0v) is 27.7. The number of nitrogens with zero attached hydrogens (tertiary/aromatic N) is 5. The minimum atomic E-state index is -0.752. The Bertz CT molecular complexity index is 3030. The van der Waals surface area contributed by atoms with Gasteiger partial charge < -0.3 is 13.9 Å². The monoisotopic (exact) mass is 665 g/mol. The summed E-state index contributed by atoms with van der Waals surface area (Å²) in [5, 5.41) is 4.78. The molecule has 0 fully saturated rings. The highest BCUT2D eigenvalue weighted by atomic mass is 16.5. The number of para-hydroxylation sites is 4. The van der Waals surface area contributed by atoms with Crippen molar-refractivity contribution in [2.75, 3.05) is 0 Å². The summed E-state index contributed by atoms with van der Waals surface area (Å²) in [4.78, 5) is 14.9. The van der Waals surface area contributed by atoms with Crippen LogP contribution in [0.25, 0.3) is 66.4 Å². The van der Waals surface area contributed by atoms with Crippen molar-refractivity contribution >= 4 is 43.6 Å². The van der Waals surface area contributed by atoms with Crippen LogP contribution in [0.4, 0.5) is 0 Å². The van der Waals surface area contributed by atoms with Crippen molar-refractivity contribution in [2.24, 2.45) is 0 Å². The van der Waals surface area contributed by atoms with Crippen molar-refractivity contribution in [1.29, 1.82) is 0 Å².